The van der Waals surface area contributed by atoms with E-state index in [-0.39, 0.29) is 5.91 Å². The molecule has 0 fully saturated rings. The fourth-order valence-electron chi connectivity index (χ4n) is 2.54. The molecule has 4 nitrogen and oxygen atoms in total. The smallest absolute Gasteiger partial charge is 0.252 e. The number of benzene rings is 1. The van der Waals surface area contributed by atoms with E-state index < -0.39 is 0 Å². The number of nitrogens with zero attached hydrogens (tertiary/aromatic N) is 1. The van der Waals surface area contributed by atoms with Crippen LogP contribution in [0.5, 0.6) is 0 Å². The van der Waals surface area contributed by atoms with Gasteiger partial charge in [-0.3, -0.25) is 4.79 Å². The predicted octanol–water partition coefficient (Wildman–Crippen LogP) is 4.33. The minimum absolute atomic E-state index is 0.0680. The zero-order chi connectivity index (χ0) is 16.2. The normalized spacial score (nSPS) is 10.9. The van der Waals surface area contributed by atoms with Gasteiger partial charge in [0.25, 0.3) is 5.91 Å². The second-order valence-corrected chi connectivity index (χ2v) is 5.59. The molecule has 0 spiro atoms. The Morgan fingerprint density at radius 2 is 2.04 bits per heavy atom. The molecule has 0 radical (unpaired) electrons. The predicted molar refractivity (Wildman–Crippen MR) is 91.4 cm³/mol. The van der Waals surface area contributed by atoms with E-state index >= 15 is 0 Å². The van der Waals surface area contributed by atoms with Crippen molar-refractivity contribution in [2.45, 2.75) is 26.7 Å². The van der Waals surface area contributed by atoms with Crippen LogP contribution in [-0.4, -0.2) is 17.4 Å². The van der Waals surface area contributed by atoms with Crippen LogP contribution in [0.25, 0.3) is 22.4 Å². The fourth-order valence-corrected chi connectivity index (χ4v) is 2.54. The Balaban J connectivity index is 2.05. The highest BCUT2D eigenvalue weighted by Gasteiger charge is 2.14. The van der Waals surface area contributed by atoms with Gasteiger partial charge < -0.3 is 9.73 Å². The second kappa shape index (κ2) is 6.65. The molecule has 0 saturated heterocycles. The van der Waals surface area contributed by atoms with Gasteiger partial charge in [-0.25, -0.2) is 4.98 Å². The van der Waals surface area contributed by atoms with Gasteiger partial charge in [-0.05, 0) is 37.6 Å². The SMILES string of the molecule is CCCCNC(=O)c1cc(-c2ccc(C)o2)nc2ccccc12. The topological polar surface area (TPSA) is 55.1 Å². The minimum Gasteiger partial charge on any atom is -0.460 e. The lowest BCUT2D eigenvalue weighted by Gasteiger charge is -2.09. The number of fused-ring (bicyclic) bond motifs is 1. The number of para-hydroxylation sites is 1. The van der Waals surface area contributed by atoms with Crippen LogP contribution in [0, 0.1) is 6.92 Å². The highest BCUT2D eigenvalue weighted by molar-refractivity contribution is 6.07. The Hall–Kier alpha value is -2.62. The molecule has 0 aliphatic carbocycles. The van der Waals surface area contributed by atoms with E-state index in [1.54, 1.807) is 0 Å². The van der Waals surface area contributed by atoms with Crippen LogP contribution in [-0.2, 0) is 0 Å². The van der Waals surface area contributed by atoms with E-state index in [1.165, 1.54) is 0 Å². The maximum atomic E-state index is 12.6. The van der Waals surface area contributed by atoms with Gasteiger partial charge in [0.15, 0.2) is 5.76 Å². The number of furan rings is 1. The standard InChI is InChI=1S/C19H20N2O2/c1-3-4-11-20-19(22)15-12-17(18-10-9-13(2)23-18)21-16-8-6-5-7-14(15)16/h5-10,12H,3-4,11H2,1-2H3,(H,20,22). The van der Waals surface area contributed by atoms with Crippen molar-refractivity contribution < 1.29 is 9.21 Å². The van der Waals surface area contributed by atoms with E-state index in [9.17, 15) is 4.79 Å². The van der Waals surface area contributed by atoms with Crippen LogP contribution in [0.4, 0.5) is 0 Å². The lowest BCUT2D eigenvalue weighted by Crippen LogP contribution is -2.24. The van der Waals surface area contributed by atoms with Crippen molar-refractivity contribution in [3.8, 4) is 11.5 Å². The molecule has 3 rings (SSSR count). The molecule has 3 aromatic rings. The number of pyridine rings is 1. The number of amides is 1. The Bertz CT molecular complexity index is 836. The van der Waals surface area contributed by atoms with Crippen molar-refractivity contribution in [3.63, 3.8) is 0 Å². The number of aryl methyl sites for hydroxylation is 1. The van der Waals surface area contributed by atoms with Gasteiger partial charge in [0, 0.05) is 11.9 Å². The number of rotatable bonds is 5. The van der Waals surface area contributed by atoms with Crippen LogP contribution in [0.15, 0.2) is 46.9 Å². The molecule has 0 unspecified atom stereocenters. The third-order valence-corrected chi connectivity index (χ3v) is 3.77. The first-order valence-electron chi connectivity index (χ1n) is 7.94. The lowest BCUT2D eigenvalue weighted by atomic mass is 10.1. The molecule has 0 bridgehead atoms. The molecule has 118 valence electrons. The number of hydrogen-bond acceptors (Lipinski definition) is 3. The van der Waals surface area contributed by atoms with Crippen molar-refractivity contribution in [2.24, 2.45) is 0 Å². The summed E-state index contributed by atoms with van der Waals surface area (Å²) in [7, 11) is 0. The third kappa shape index (κ3) is 3.26. The van der Waals surface area contributed by atoms with Crippen LogP contribution in [0.2, 0.25) is 0 Å². The average Bonchev–Trinajstić information content (AvgIpc) is 3.00. The maximum Gasteiger partial charge on any atom is 0.252 e. The molecular weight excluding hydrogens is 288 g/mol. The van der Waals surface area contributed by atoms with Crippen LogP contribution in [0.3, 0.4) is 0 Å². The summed E-state index contributed by atoms with van der Waals surface area (Å²) in [6.07, 6.45) is 2.02. The molecule has 1 amide bonds. The lowest BCUT2D eigenvalue weighted by molar-refractivity contribution is 0.0955. The highest BCUT2D eigenvalue weighted by atomic mass is 16.3. The van der Waals surface area contributed by atoms with Crippen LogP contribution >= 0.6 is 0 Å². The van der Waals surface area contributed by atoms with Crippen LogP contribution < -0.4 is 5.32 Å². The van der Waals surface area contributed by atoms with Gasteiger partial charge in [-0.2, -0.15) is 0 Å². The monoisotopic (exact) mass is 308 g/mol. The molecule has 0 saturated carbocycles. The molecular formula is C19H20N2O2. The summed E-state index contributed by atoms with van der Waals surface area (Å²) < 4.78 is 5.66. The summed E-state index contributed by atoms with van der Waals surface area (Å²) in [5, 5.41) is 3.83. The zero-order valence-electron chi connectivity index (χ0n) is 13.4. The minimum atomic E-state index is -0.0680. The van der Waals surface area contributed by atoms with E-state index in [1.807, 2.05) is 49.4 Å². The number of carbonyl (C=O) groups is 1. The Morgan fingerprint density at radius 3 is 2.78 bits per heavy atom. The third-order valence-electron chi connectivity index (χ3n) is 3.77. The molecule has 2 heterocycles. The fraction of sp³-hybridized carbons (Fsp3) is 0.263. The zero-order valence-corrected chi connectivity index (χ0v) is 13.4. The van der Waals surface area contributed by atoms with Crippen molar-refractivity contribution in [2.75, 3.05) is 6.54 Å². The number of unbranched alkanes of at least 4 members (excludes halogenated alkanes) is 1. The summed E-state index contributed by atoms with van der Waals surface area (Å²) >= 11 is 0. The van der Waals surface area contributed by atoms with E-state index in [0.29, 0.717) is 23.6 Å². The first-order chi connectivity index (χ1) is 11.2. The first-order valence-corrected chi connectivity index (χ1v) is 7.94. The van der Waals surface area contributed by atoms with Gasteiger partial charge in [-0.15, -0.1) is 0 Å². The van der Waals surface area contributed by atoms with Gasteiger partial charge in [0.1, 0.15) is 11.5 Å². The molecule has 0 aliphatic heterocycles. The quantitative estimate of drug-likeness (QED) is 0.714. The molecule has 2 aromatic heterocycles. The average molecular weight is 308 g/mol. The van der Waals surface area contributed by atoms with Crippen molar-refractivity contribution in [3.05, 3.63) is 53.8 Å². The Kier molecular flexibility index (Phi) is 4.42. The number of hydrogen-bond donors (Lipinski definition) is 1. The van der Waals surface area contributed by atoms with Gasteiger partial charge in [0.05, 0.1) is 11.1 Å². The summed E-state index contributed by atoms with van der Waals surface area (Å²) in [4.78, 5) is 17.2. The van der Waals surface area contributed by atoms with Crippen LogP contribution in [0.1, 0.15) is 35.9 Å². The summed E-state index contributed by atoms with van der Waals surface area (Å²) in [6, 6.07) is 13.3. The number of carbonyl (C=O) groups excluding carboxylic acids is 1. The number of aromatic nitrogens is 1. The number of nitrogens with one attached hydrogen (secondary N) is 1. The summed E-state index contributed by atoms with van der Waals surface area (Å²) in [5.41, 5.74) is 2.10. The highest BCUT2D eigenvalue weighted by Crippen LogP contribution is 2.26. The maximum absolute atomic E-state index is 12.6. The van der Waals surface area contributed by atoms with Gasteiger partial charge in [-0.1, -0.05) is 31.5 Å². The van der Waals surface area contributed by atoms with Crippen molar-refractivity contribution in [1.82, 2.24) is 10.3 Å². The summed E-state index contributed by atoms with van der Waals surface area (Å²) in [6.45, 7) is 4.68. The second-order valence-electron chi connectivity index (χ2n) is 5.59. The van der Waals surface area contributed by atoms with Gasteiger partial charge >= 0.3 is 0 Å². The van der Waals surface area contributed by atoms with Crippen molar-refractivity contribution >= 4 is 16.8 Å². The van der Waals surface area contributed by atoms with E-state index in [2.05, 4.69) is 17.2 Å². The Labute approximate surface area is 135 Å². The molecule has 1 aromatic carbocycles. The molecule has 4 heteroatoms. The van der Waals surface area contributed by atoms with E-state index in [0.717, 1.165) is 29.5 Å². The van der Waals surface area contributed by atoms with Gasteiger partial charge in [0.2, 0.25) is 0 Å². The molecule has 23 heavy (non-hydrogen) atoms. The summed E-state index contributed by atoms with van der Waals surface area (Å²) in [5.74, 6) is 1.43. The molecule has 1 N–H and O–H groups in total. The van der Waals surface area contributed by atoms with Crippen molar-refractivity contribution in [1.29, 1.82) is 0 Å². The largest absolute Gasteiger partial charge is 0.460 e. The molecule has 0 aliphatic rings. The van der Waals surface area contributed by atoms with E-state index in [4.69, 9.17) is 4.42 Å². The Morgan fingerprint density at radius 1 is 1.22 bits per heavy atom. The molecule has 0 atom stereocenters. The first kappa shape index (κ1) is 15.3.